The first-order valence-corrected chi connectivity index (χ1v) is 8.62. The maximum absolute atomic E-state index is 12.1. The molecular formula is C16H21N3O3S. The van der Waals surface area contributed by atoms with E-state index in [-0.39, 0.29) is 24.1 Å². The van der Waals surface area contributed by atoms with Crippen molar-refractivity contribution in [2.75, 3.05) is 6.61 Å². The van der Waals surface area contributed by atoms with Gasteiger partial charge >= 0.3 is 6.03 Å². The quantitative estimate of drug-likeness (QED) is 0.784. The van der Waals surface area contributed by atoms with Crippen molar-refractivity contribution in [1.82, 2.24) is 15.6 Å². The number of carbonyl (C=O) groups is 1. The summed E-state index contributed by atoms with van der Waals surface area (Å²) >= 11 is 1.49. The lowest BCUT2D eigenvalue weighted by atomic mass is 9.86. The van der Waals surface area contributed by atoms with Crippen LogP contribution in [0.15, 0.2) is 28.2 Å². The van der Waals surface area contributed by atoms with Crippen LogP contribution in [0.2, 0.25) is 0 Å². The molecule has 2 atom stereocenters. The van der Waals surface area contributed by atoms with Crippen LogP contribution in [-0.4, -0.2) is 28.8 Å². The zero-order chi connectivity index (χ0) is 16.3. The van der Waals surface area contributed by atoms with E-state index < -0.39 is 0 Å². The lowest BCUT2D eigenvalue weighted by molar-refractivity contribution is 0.121. The zero-order valence-electron chi connectivity index (χ0n) is 13.0. The van der Waals surface area contributed by atoms with Crippen LogP contribution in [-0.2, 0) is 6.54 Å². The summed E-state index contributed by atoms with van der Waals surface area (Å²) in [7, 11) is 0. The predicted molar refractivity (Wildman–Crippen MR) is 88.0 cm³/mol. The molecule has 0 radical (unpaired) electrons. The highest BCUT2D eigenvalue weighted by molar-refractivity contribution is 7.13. The molecule has 0 bridgehead atoms. The Balaban J connectivity index is 1.51. The monoisotopic (exact) mass is 335 g/mol. The highest BCUT2D eigenvalue weighted by Gasteiger charge is 2.39. The van der Waals surface area contributed by atoms with Crippen molar-refractivity contribution in [3.05, 3.63) is 29.5 Å². The van der Waals surface area contributed by atoms with Gasteiger partial charge in [-0.05, 0) is 25.0 Å². The van der Waals surface area contributed by atoms with E-state index in [9.17, 15) is 9.90 Å². The van der Waals surface area contributed by atoms with Crippen LogP contribution in [0.3, 0.4) is 0 Å². The summed E-state index contributed by atoms with van der Waals surface area (Å²) in [6.07, 6.45) is 4.49. The molecule has 124 valence electrons. The lowest BCUT2D eigenvalue weighted by Crippen LogP contribution is -2.48. The van der Waals surface area contributed by atoms with Gasteiger partial charge in [0.05, 0.1) is 25.1 Å². The van der Waals surface area contributed by atoms with Gasteiger partial charge in [0.15, 0.2) is 10.8 Å². The highest BCUT2D eigenvalue weighted by Crippen LogP contribution is 2.37. The fraction of sp³-hybridized carbons (Fsp3) is 0.500. The molecule has 1 fully saturated rings. The first-order valence-electron chi connectivity index (χ1n) is 7.74. The molecule has 1 saturated carbocycles. The Labute approximate surface area is 138 Å². The van der Waals surface area contributed by atoms with Gasteiger partial charge in [-0.3, -0.25) is 0 Å². The van der Waals surface area contributed by atoms with E-state index in [1.165, 1.54) is 11.3 Å². The average molecular weight is 335 g/mol. The summed E-state index contributed by atoms with van der Waals surface area (Å²) in [5.41, 5.74) is 0.581. The van der Waals surface area contributed by atoms with Crippen molar-refractivity contribution in [2.45, 2.75) is 38.8 Å². The molecule has 0 aliphatic heterocycles. The maximum Gasteiger partial charge on any atom is 0.315 e. The summed E-state index contributed by atoms with van der Waals surface area (Å²) in [6.45, 7) is 2.48. The van der Waals surface area contributed by atoms with Crippen molar-refractivity contribution in [3.8, 4) is 10.8 Å². The van der Waals surface area contributed by atoms with E-state index >= 15 is 0 Å². The zero-order valence-corrected chi connectivity index (χ0v) is 13.9. The number of thiazole rings is 1. The Kier molecular flexibility index (Phi) is 4.68. The van der Waals surface area contributed by atoms with Gasteiger partial charge in [0.2, 0.25) is 0 Å². The Morgan fingerprint density at radius 1 is 1.61 bits per heavy atom. The minimum absolute atomic E-state index is 0.0154. The molecule has 2 heterocycles. The minimum atomic E-state index is -0.218. The molecule has 1 aliphatic carbocycles. The number of urea groups is 1. The number of nitrogens with one attached hydrogen (secondary N) is 2. The van der Waals surface area contributed by atoms with Gasteiger partial charge in [-0.25, -0.2) is 9.78 Å². The number of aliphatic hydroxyl groups is 1. The van der Waals surface area contributed by atoms with Gasteiger partial charge < -0.3 is 20.2 Å². The fourth-order valence-electron chi connectivity index (χ4n) is 2.95. The highest BCUT2D eigenvalue weighted by atomic mass is 32.1. The smallest absolute Gasteiger partial charge is 0.315 e. The van der Waals surface area contributed by atoms with Crippen LogP contribution in [0.25, 0.3) is 10.8 Å². The van der Waals surface area contributed by atoms with Crippen molar-refractivity contribution >= 4 is 17.4 Å². The second-order valence-electron chi connectivity index (χ2n) is 6.21. The number of carbonyl (C=O) groups excluding carboxylic acids is 1. The van der Waals surface area contributed by atoms with Crippen LogP contribution in [0.1, 0.15) is 31.9 Å². The van der Waals surface area contributed by atoms with Crippen LogP contribution in [0, 0.1) is 5.41 Å². The van der Waals surface area contributed by atoms with Crippen LogP contribution in [0.4, 0.5) is 4.79 Å². The minimum Gasteiger partial charge on any atom is -0.462 e. The van der Waals surface area contributed by atoms with Crippen LogP contribution in [0.5, 0.6) is 0 Å². The van der Waals surface area contributed by atoms with Gasteiger partial charge in [0, 0.05) is 16.8 Å². The third-order valence-corrected chi connectivity index (χ3v) is 5.37. The van der Waals surface area contributed by atoms with E-state index in [2.05, 4.69) is 15.6 Å². The predicted octanol–water partition coefficient (Wildman–Crippen LogP) is 2.75. The molecule has 0 saturated heterocycles. The second kappa shape index (κ2) is 6.72. The summed E-state index contributed by atoms with van der Waals surface area (Å²) in [5, 5.41) is 18.0. The van der Waals surface area contributed by atoms with Crippen LogP contribution >= 0.6 is 11.3 Å². The summed E-state index contributed by atoms with van der Waals surface area (Å²) < 4.78 is 5.31. The molecule has 2 unspecified atom stereocenters. The molecule has 6 nitrogen and oxygen atoms in total. The molecule has 0 spiro atoms. The molecule has 23 heavy (non-hydrogen) atoms. The molecule has 0 aromatic carbocycles. The van der Waals surface area contributed by atoms with E-state index in [4.69, 9.17) is 4.42 Å². The number of hydrogen-bond acceptors (Lipinski definition) is 5. The third kappa shape index (κ3) is 3.56. The van der Waals surface area contributed by atoms with Gasteiger partial charge in [0.25, 0.3) is 0 Å². The molecular weight excluding hydrogens is 314 g/mol. The third-order valence-electron chi connectivity index (χ3n) is 4.46. The Bertz CT molecular complexity index is 655. The van der Waals surface area contributed by atoms with E-state index in [0.29, 0.717) is 6.54 Å². The first kappa shape index (κ1) is 16.0. The van der Waals surface area contributed by atoms with Crippen molar-refractivity contribution < 1.29 is 14.3 Å². The SMILES string of the molecule is CC1(CO)CCCC1NC(=O)NCc1csc(-c2ccco2)n1. The second-order valence-corrected chi connectivity index (χ2v) is 7.06. The first-order chi connectivity index (χ1) is 11.1. The van der Waals surface area contributed by atoms with Crippen molar-refractivity contribution in [3.63, 3.8) is 0 Å². The fourth-order valence-corrected chi connectivity index (χ4v) is 3.74. The summed E-state index contributed by atoms with van der Waals surface area (Å²) in [4.78, 5) is 16.5. The molecule has 2 amide bonds. The van der Waals surface area contributed by atoms with Crippen molar-refractivity contribution in [2.24, 2.45) is 5.41 Å². The maximum atomic E-state index is 12.1. The molecule has 2 aromatic rings. The summed E-state index contributed by atoms with van der Waals surface area (Å²) in [6, 6.07) is 3.48. The Morgan fingerprint density at radius 2 is 2.48 bits per heavy atom. The number of rotatable bonds is 5. The molecule has 1 aliphatic rings. The van der Waals surface area contributed by atoms with Gasteiger partial charge in [-0.15, -0.1) is 11.3 Å². The molecule has 2 aromatic heterocycles. The number of aromatic nitrogens is 1. The Hall–Kier alpha value is -1.86. The number of nitrogens with zero attached hydrogens (tertiary/aromatic N) is 1. The normalized spacial score (nSPS) is 23.8. The number of hydrogen-bond donors (Lipinski definition) is 3. The van der Waals surface area contributed by atoms with Crippen molar-refractivity contribution in [1.29, 1.82) is 0 Å². The molecule has 3 rings (SSSR count). The van der Waals surface area contributed by atoms with E-state index in [1.54, 1.807) is 6.26 Å². The largest absolute Gasteiger partial charge is 0.462 e. The molecule has 7 heteroatoms. The number of amides is 2. The van der Waals surface area contributed by atoms with Gasteiger partial charge in [0.1, 0.15) is 0 Å². The standard InChI is InChI=1S/C16H21N3O3S/c1-16(10-20)6-2-5-13(16)19-15(21)17-8-11-9-23-14(18-11)12-4-3-7-22-12/h3-4,7,9,13,20H,2,5-6,8,10H2,1H3,(H2,17,19,21). The summed E-state index contributed by atoms with van der Waals surface area (Å²) in [5.74, 6) is 0.732. The van der Waals surface area contributed by atoms with Gasteiger partial charge in [-0.1, -0.05) is 13.3 Å². The lowest BCUT2D eigenvalue weighted by Gasteiger charge is -2.30. The molecule has 3 N–H and O–H groups in total. The van der Waals surface area contributed by atoms with E-state index in [0.717, 1.165) is 35.7 Å². The Morgan fingerprint density at radius 3 is 3.22 bits per heavy atom. The topological polar surface area (TPSA) is 87.4 Å². The van der Waals surface area contributed by atoms with Crippen LogP contribution < -0.4 is 10.6 Å². The number of furan rings is 1. The average Bonchev–Trinajstić information content (AvgIpc) is 3.26. The number of aliphatic hydroxyl groups excluding tert-OH is 1. The van der Waals surface area contributed by atoms with Gasteiger partial charge in [-0.2, -0.15) is 0 Å². The van der Waals surface area contributed by atoms with E-state index in [1.807, 2.05) is 24.4 Å².